The first kappa shape index (κ1) is 17.3. The van der Waals surface area contributed by atoms with Gasteiger partial charge >= 0.3 is 0 Å². The SMILES string of the molecule is COc1ccccc1COCC(O)CN1[C@H](C)CCC[C@@H]1C. The molecule has 0 amide bonds. The molecule has 4 nitrogen and oxygen atoms in total. The van der Waals surface area contributed by atoms with Gasteiger partial charge in [-0.25, -0.2) is 0 Å². The molecular formula is C18H29NO3. The summed E-state index contributed by atoms with van der Waals surface area (Å²) >= 11 is 0. The zero-order valence-electron chi connectivity index (χ0n) is 14.0. The molecule has 1 aliphatic heterocycles. The van der Waals surface area contributed by atoms with Crippen LogP contribution < -0.4 is 4.74 Å². The zero-order chi connectivity index (χ0) is 15.9. The highest BCUT2D eigenvalue weighted by Gasteiger charge is 2.26. The molecule has 124 valence electrons. The molecule has 4 heteroatoms. The number of ether oxygens (including phenoxy) is 2. The Balaban J connectivity index is 1.76. The van der Waals surface area contributed by atoms with Gasteiger partial charge < -0.3 is 14.6 Å². The van der Waals surface area contributed by atoms with Gasteiger partial charge in [-0.2, -0.15) is 0 Å². The Morgan fingerprint density at radius 3 is 2.59 bits per heavy atom. The molecule has 1 unspecified atom stereocenters. The van der Waals surface area contributed by atoms with Crippen LogP contribution >= 0.6 is 0 Å². The minimum absolute atomic E-state index is 0.355. The molecule has 22 heavy (non-hydrogen) atoms. The van der Waals surface area contributed by atoms with Crippen molar-refractivity contribution in [1.29, 1.82) is 0 Å². The molecule has 0 aromatic heterocycles. The number of nitrogens with zero attached hydrogens (tertiary/aromatic N) is 1. The molecule has 0 spiro atoms. The van der Waals surface area contributed by atoms with Crippen molar-refractivity contribution in [3.8, 4) is 5.75 Å². The molecule has 0 aliphatic carbocycles. The van der Waals surface area contributed by atoms with Gasteiger partial charge in [0, 0.05) is 24.2 Å². The van der Waals surface area contributed by atoms with Crippen LogP contribution in [0.5, 0.6) is 5.75 Å². The summed E-state index contributed by atoms with van der Waals surface area (Å²) in [5, 5.41) is 10.2. The highest BCUT2D eigenvalue weighted by atomic mass is 16.5. The average molecular weight is 307 g/mol. The summed E-state index contributed by atoms with van der Waals surface area (Å²) in [6.45, 7) is 6.00. The molecule has 1 aromatic carbocycles. The molecule has 1 aliphatic rings. The van der Waals surface area contributed by atoms with E-state index in [-0.39, 0.29) is 0 Å². The Labute approximate surface area is 134 Å². The van der Waals surface area contributed by atoms with Crippen LogP contribution in [0.15, 0.2) is 24.3 Å². The third-order valence-corrected chi connectivity index (χ3v) is 4.56. The monoisotopic (exact) mass is 307 g/mol. The van der Waals surface area contributed by atoms with Crippen molar-refractivity contribution >= 4 is 0 Å². The molecule has 0 saturated carbocycles. The van der Waals surface area contributed by atoms with Gasteiger partial charge in [-0.1, -0.05) is 24.6 Å². The van der Waals surface area contributed by atoms with Crippen LogP contribution in [0.25, 0.3) is 0 Å². The zero-order valence-corrected chi connectivity index (χ0v) is 14.0. The number of methoxy groups -OCH3 is 1. The number of benzene rings is 1. The predicted molar refractivity (Wildman–Crippen MR) is 88.1 cm³/mol. The molecule has 1 heterocycles. The van der Waals surface area contributed by atoms with Crippen molar-refractivity contribution in [2.45, 2.75) is 57.9 Å². The van der Waals surface area contributed by atoms with Crippen LogP contribution in [0.1, 0.15) is 38.7 Å². The van der Waals surface area contributed by atoms with Crippen LogP contribution in [0, 0.1) is 0 Å². The van der Waals surface area contributed by atoms with E-state index in [0.717, 1.165) is 11.3 Å². The first-order valence-electron chi connectivity index (χ1n) is 8.25. The van der Waals surface area contributed by atoms with E-state index in [2.05, 4.69) is 18.7 Å². The van der Waals surface area contributed by atoms with Gasteiger partial charge in [-0.15, -0.1) is 0 Å². The van der Waals surface area contributed by atoms with Crippen LogP contribution in [0.2, 0.25) is 0 Å². The molecular weight excluding hydrogens is 278 g/mol. The Hall–Kier alpha value is -1.10. The molecule has 0 radical (unpaired) electrons. The normalized spacial score (nSPS) is 24.2. The summed E-state index contributed by atoms with van der Waals surface area (Å²) in [5.41, 5.74) is 1.01. The van der Waals surface area contributed by atoms with Crippen molar-refractivity contribution in [3.63, 3.8) is 0 Å². The lowest BCUT2D eigenvalue weighted by Gasteiger charge is -2.40. The maximum absolute atomic E-state index is 10.2. The molecule has 1 fully saturated rings. The van der Waals surface area contributed by atoms with Crippen LogP contribution in [0.4, 0.5) is 0 Å². The van der Waals surface area contributed by atoms with Crippen LogP contribution in [-0.2, 0) is 11.3 Å². The van der Waals surface area contributed by atoms with Crippen molar-refractivity contribution in [2.24, 2.45) is 0 Å². The Bertz CT molecular complexity index is 442. The summed E-state index contributed by atoms with van der Waals surface area (Å²) in [6.07, 6.45) is 3.29. The second kappa shape index (κ2) is 8.51. The molecule has 3 atom stereocenters. The van der Waals surface area contributed by atoms with E-state index < -0.39 is 6.10 Å². The van der Waals surface area contributed by atoms with E-state index in [0.29, 0.717) is 31.8 Å². The standard InChI is InChI=1S/C18H29NO3/c1-14-7-6-8-15(2)19(14)11-17(20)13-22-12-16-9-4-5-10-18(16)21-3/h4-5,9-10,14-15,17,20H,6-8,11-13H2,1-3H3/t14-,15+,17?. The first-order valence-corrected chi connectivity index (χ1v) is 8.25. The lowest BCUT2D eigenvalue weighted by Crippen LogP contribution is -2.48. The smallest absolute Gasteiger partial charge is 0.124 e. The largest absolute Gasteiger partial charge is 0.496 e. The average Bonchev–Trinajstić information content (AvgIpc) is 2.51. The summed E-state index contributed by atoms with van der Waals surface area (Å²) in [6, 6.07) is 8.91. The van der Waals surface area contributed by atoms with E-state index in [9.17, 15) is 5.11 Å². The quantitative estimate of drug-likeness (QED) is 0.841. The third kappa shape index (κ3) is 4.70. The second-order valence-corrected chi connectivity index (χ2v) is 6.31. The maximum atomic E-state index is 10.2. The van der Waals surface area contributed by atoms with Gasteiger partial charge in [-0.05, 0) is 32.8 Å². The van der Waals surface area contributed by atoms with Crippen molar-refractivity contribution in [2.75, 3.05) is 20.3 Å². The van der Waals surface area contributed by atoms with Gasteiger partial charge in [0.25, 0.3) is 0 Å². The number of likely N-dealkylation sites (tertiary alicyclic amines) is 1. The summed E-state index contributed by atoms with van der Waals surface area (Å²) in [4.78, 5) is 2.40. The molecule has 0 bridgehead atoms. The minimum Gasteiger partial charge on any atom is -0.496 e. The third-order valence-electron chi connectivity index (χ3n) is 4.56. The Morgan fingerprint density at radius 2 is 1.91 bits per heavy atom. The number of aliphatic hydroxyl groups excluding tert-OH is 1. The van der Waals surface area contributed by atoms with E-state index in [1.54, 1.807) is 7.11 Å². The van der Waals surface area contributed by atoms with Crippen LogP contribution in [-0.4, -0.2) is 48.5 Å². The van der Waals surface area contributed by atoms with Gasteiger partial charge in [0.2, 0.25) is 0 Å². The number of β-amino-alcohol motifs (C(OH)–C–C–N with tert-alkyl or cyclic N) is 1. The van der Waals surface area contributed by atoms with Crippen molar-refractivity contribution < 1.29 is 14.6 Å². The van der Waals surface area contributed by atoms with E-state index in [1.807, 2.05) is 24.3 Å². The molecule has 1 N–H and O–H groups in total. The first-order chi connectivity index (χ1) is 10.6. The Kier molecular flexibility index (Phi) is 6.68. The summed E-state index contributed by atoms with van der Waals surface area (Å²) in [7, 11) is 1.66. The fraction of sp³-hybridized carbons (Fsp3) is 0.667. The number of para-hydroxylation sites is 1. The van der Waals surface area contributed by atoms with Gasteiger partial charge in [-0.3, -0.25) is 4.90 Å². The number of hydrogen-bond donors (Lipinski definition) is 1. The molecule has 2 rings (SSSR count). The van der Waals surface area contributed by atoms with Crippen LogP contribution in [0.3, 0.4) is 0 Å². The number of piperidine rings is 1. The summed E-state index contributed by atoms with van der Waals surface area (Å²) < 4.78 is 11.0. The van der Waals surface area contributed by atoms with E-state index >= 15 is 0 Å². The fourth-order valence-corrected chi connectivity index (χ4v) is 3.26. The lowest BCUT2D eigenvalue weighted by molar-refractivity contribution is -0.0138. The van der Waals surface area contributed by atoms with Crippen molar-refractivity contribution in [3.05, 3.63) is 29.8 Å². The second-order valence-electron chi connectivity index (χ2n) is 6.31. The van der Waals surface area contributed by atoms with Gasteiger partial charge in [0.15, 0.2) is 0 Å². The van der Waals surface area contributed by atoms with Crippen molar-refractivity contribution in [1.82, 2.24) is 4.90 Å². The lowest BCUT2D eigenvalue weighted by atomic mass is 9.97. The van der Waals surface area contributed by atoms with Gasteiger partial charge in [0.1, 0.15) is 5.75 Å². The highest BCUT2D eigenvalue weighted by molar-refractivity contribution is 5.32. The van der Waals surface area contributed by atoms with E-state index in [4.69, 9.17) is 9.47 Å². The number of rotatable bonds is 7. The number of aliphatic hydroxyl groups is 1. The maximum Gasteiger partial charge on any atom is 0.124 e. The van der Waals surface area contributed by atoms with Gasteiger partial charge in [0.05, 0.1) is 26.4 Å². The molecule has 1 aromatic rings. The number of hydrogen-bond acceptors (Lipinski definition) is 4. The predicted octanol–water partition coefficient (Wildman–Crippen LogP) is 2.84. The summed E-state index contributed by atoms with van der Waals surface area (Å²) in [5.74, 6) is 0.829. The molecule has 1 saturated heterocycles. The highest BCUT2D eigenvalue weighted by Crippen LogP contribution is 2.23. The minimum atomic E-state index is -0.447. The topological polar surface area (TPSA) is 41.9 Å². The van der Waals surface area contributed by atoms with E-state index in [1.165, 1.54) is 19.3 Å². The Morgan fingerprint density at radius 1 is 1.23 bits per heavy atom. The fourth-order valence-electron chi connectivity index (χ4n) is 3.26.